The van der Waals surface area contributed by atoms with E-state index in [9.17, 15) is 4.79 Å². The van der Waals surface area contributed by atoms with E-state index in [0.29, 0.717) is 23.7 Å². The summed E-state index contributed by atoms with van der Waals surface area (Å²) in [5, 5.41) is 0. The Labute approximate surface area is 151 Å². The normalized spacial score (nSPS) is 23.0. The van der Waals surface area contributed by atoms with Crippen LogP contribution >= 0.6 is 0 Å². The number of hydrogen-bond acceptors (Lipinski definition) is 3. The second-order valence-electron chi connectivity index (χ2n) is 7.65. The van der Waals surface area contributed by atoms with E-state index in [1.807, 2.05) is 0 Å². The van der Waals surface area contributed by atoms with Gasteiger partial charge in [-0.25, -0.2) is 0 Å². The first-order chi connectivity index (χ1) is 12.1. The minimum Gasteiger partial charge on any atom is -0.384 e. The molecule has 0 aliphatic carbocycles. The van der Waals surface area contributed by atoms with Gasteiger partial charge in [-0.3, -0.25) is 4.79 Å². The Balaban J connectivity index is 1.53. The molecule has 2 heterocycles. The highest BCUT2D eigenvalue weighted by Gasteiger charge is 2.43. The van der Waals surface area contributed by atoms with Crippen molar-refractivity contribution in [1.29, 1.82) is 0 Å². The van der Waals surface area contributed by atoms with E-state index < -0.39 is 0 Å². The fourth-order valence-corrected chi connectivity index (χ4v) is 4.46. The molecule has 0 N–H and O–H groups in total. The molecule has 1 atom stereocenters. The molecule has 0 aromatic heterocycles. The van der Waals surface area contributed by atoms with Crippen molar-refractivity contribution >= 4 is 5.91 Å². The highest BCUT2D eigenvalue weighted by Crippen LogP contribution is 2.44. The molecular formula is C21H31NO3. The molecular weight excluding hydrogens is 314 g/mol. The molecule has 138 valence electrons. The second kappa shape index (κ2) is 8.33. The summed E-state index contributed by atoms with van der Waals surface area (Å²) >= 11 is 0. The molecule has 0 bridgehead atoms. The van der Waals surface area contributed by atoms with Crippen molar-refractivity contribution in [2.24, 2.45) is 11.3 Å². The first-order valence-electron chi connectivity index (χ1n) is 9.53. The van der Waals surface area contributed by atoms with Crippen LogP contribution in [-0.2, 0) is 20.7 Å². The molecule has 1 amide bonds. The summed E-state index contributed by atoms with van der Waals surface area (Å²) in [6.45, 7) is 6.29. The zero-order valence-corrected chi connectivity index (χ0v) is 15.6. The summed E-state index contributed by atoms with van der Waals surface area (Å²) in [7, 11) is 1.77. The van der Waals surface area contributed by atoms with Crippen LogP contribution in [0.4, 0.5) is 0 Å². The number of rotatable bonds is 5. The number of benzene rings is 1. The number of ether oxygens (including phenoxy) is 2. The maximum absolute atomic E-state index is 12.6. The van der Waals surface area contributed by atoms with Crippen molar-refractivity contribution in [1.82, 2.24) is 4.90 Å². The summed E-state index contributed by atoms with van der Waals surface area (Å²) in [6, 6.07) is 8.35. The van der Waals surface area contributed by atoms with Crippen molar-refractivity contribution in [2.75, 3.05) is 40.0 Å². The molecule has 1 aromatic rings. The molecule has 3 rings (SSSR count). The standard InChI is InChI=1S/C21H31NO3/c1-17-5-3-4-6-18(17)7-8-20(23)22-12-9-21(10-13-22)11-14-25-16-19(21)15-24-2/h3-6,19H,7-16H2,1-2H3/t19-/m0/s1. The van der Waals surface area contributed by atoms with Crippen molar-refractivity contribution < 1.29 is 14.3 Å². The van der Waals surface area contributed by atoms with Crippen molar-refractivity contribution in [3.05, 3.63) is 35.4 Å². The van der Waals surface area contributed by atoms with Gasteiger partial charge >= 0.3 is 0 Å². The molecule has 2 aliphatic rings. The van der Waals surface area contributed by atoms with Gasteiger partial charge in [-0.1, -0.05) is 24.3 Å². The average Bonchev–Trinajstić information content (AvgIpc) is 2.64. The lowest BCUT2D eigenvalue weighted by Crippen LogP contribution is -2.50. The molecule has 0 radical (unpaired) electrons. The van der Waals surface area contributed by atoms with E-state index in [-0.39, 0.29) is 0 Å². The van der Waals surface area contributed by atoms with Gasteiger partial charge in [0, 0.05) is 39.1 Å². The van der Waals surface area contributed by atoms with Crippen LogP contribution in [0, 0.1) is 18.3 Å². The third-order valence-electron chi connectivity index (χ3n) is 6.28. The van der Waals surface area contributed by atoms with E-state index in [1.54, 1.807) is 7.11 Å². The van der Waals surface area contributed by atoms with Crippen molar-refractivity contribution in [2.45, 2.75) is 39.0 Å². The zero-order chi connectivity index (χ0) is 17.7. The predicted molar refractivity (Wildman–Crippen MR) is 98.5 cm³/mol. The quantitative estimate of drug-likeness (QED) is 0.822. The van der Waals surface area contributed by atoms with E-state index in [1.165, 1.54) is 11.1 Å². The lowest BCUT2D eigenvalue weighted by molar-refractivity contribution is -0.138. The molecule has 0 saturated carbocycles. The van der Waals surface area contributed by atoms with E-state index in [0.717, 1.165) is 58.6 Å². The maximum Gasteiger partial charge on any atom is 0.222 e. The predicted octanol–water partition coefficient (Wildman–Crippen LogP) is 3.22. The summed E-state index contributed by atoms with van der Waals surface area (Å²) in [4.78, 5) is 14.7. The highest BCUT2D eigenvalue weighted by atomic mass is 16.5. The van der Waals surface area contributed by atoms with Gasteiger partial charge in [0.15, 0.2) is 0 Å². The maximum atomic E-state index is 12.6. The third kappa shape index (κ3) is 4.24. The van der Waals surface area contributed by atoms with Crippen molar-refractivity contribution in [3.63, 3.8) is 0 Å². The number of amides is 1. The Morgan fingerprint density at radius 1 is 1.28 bits per heavy atom. The first kappa shape index (κ1) is 18.4. The number of carbonyl (C=O) groups excluding carboxylic acids is 1. The Bertz CT molecular complexity index is 576. The molecule has 2 fully saturated rings. The number of piperidine rings is 1. The smallest absolute Gasteiger partial charge is 0.222 e. The molecule has 25 heavy (non-hydrogen) atoms. The number of carbonyl (C=O) groups is 1. The van der Waals surface area contributed by atoms with Gasteiger partial charge < -0.3 is 14.4 Å². The van der Waals surface area contributed by atoms with Crippen molar-refractivity contribution in [3.8, 4) is 0 Å². The summed E-state index contributed by atoms with van der Waals surface area (Å²) < 4.78 is 11.1. The van der Waals surface area contributed by atoms with Gasteiger partial charge in [0.25, 0.3) is 0 Å². The topological polar surface area (TPSA) is 38.8 Å². The molecule has 4 nitrogen and oxygen atoms in total. The van der Waals surface area contributed by atoms with Gasteiger partial charge in [0.05, 0.1) is 13.2 Å². The Morgan fingerprint density at radius 3 is 2.76 bits per heavy atom. The number of nitrogens with zero attached hydrogens (tertiary/aromatic N) is 1. The lowest BCUT2D eigenvalue weighted by atomic mass is 9.66. The average molecular weight is 345 g/mol. The molecule has 0 unspecified atom stereocenters. The Hall–Kier alpha value is -1.39. The highest BCUT2D eigenvalue weighted by molar-refractivity contribution is 5.76. The molecule has 2 aliphatic heterocycles. The lowest BCUT2D eigenvalue weighted by Gasteiger charge is -2.49. The minimum absolute atomic E-state index is 0.299. The Kier molecular flexibility index (Phi) is 6.13. The van der Waals surface area contributed by atoms with Crippen LogP contribution in [-0.4, -0.2) is 50.8 Å². The minimum atomic E-state index is 0.299. The molecule has 2 saturated heterocycles. The molecule has 1 aromatic carbocycles. The number of methoxy groups -OCH3 is 1. The number of likely N-dealkylation sites (tertiary alicyclic amines) is 1. The molecule has 4 heteroatoms. The summed E-state index contributed by atoms with van der Waals surface area (Å²) in [6.07, 6.45) is 4.73. The Morgan fingerprint density at radius 2 is 2.04 bits per heavy atom. The van der Waals surface area contributed by atoms with Crippen LogP contribution in [0.15, 0.2) is 24.3 Å². The largest absolute Gasteiger partial charge is 0.384 e. The van der Waals surface area contributed by atoms with E-state index in [2.05, 4.69) is 36.1 Å². The van der Waals surface area contributed by atoms with Gasteiger partial charge in [0.2, 0.25) is 5.91 Å². The second-order valence-corrected chi connectivity index (χ2v) is 7.65. The van der Waals surface area contributed by atoms with E-state index >= 15 is 0 Å². The van der Waals surface area contributed by atoms with Gasteiger partial charge in [-0.2, -0.15) is 0 Å². The van der Waals surface area contributed by atoms with Crippen LogP contribution in [0.1, 0.15) is 36.8 Å². The monoisotopic (exact) mass is 345 g/mol. The van der Waals surface area contributed by atoms with Gasteiger partial charge in [-0.05, 0) is 49.1 Å². The SMILES string of the molecule is COC[C@H]1COCCC12CCN(C(=O)CCc1ccccc1C)CC2. The third-order valence-corrected chi connectivity index (χ3v) is 6.28. The van der Waals surface area contributed by atoms with Gasteiger partial charge in [0.1, 0.15) is 0 Å². The molecule has 1 spiro atoms. The van der Waals surface area contributed by atoms with E-state index in [4.69, 9.17) is 9.47 Å². The van der Waals surface area contributed by atoms with Crippen LogP contribution in [0.3, 0.4) is 0 Å². The fraction of sp³-hybridized carbons (Fsp3) is 0.667. The summed E-state index contributed by atoms with van der Waals surface area (Å²) in [5.74, 6) is 0.768. The summed E-state index contributed by atoms with van der Waals surface area (Å²) in [5.41, 5.74) is 2.87. The number of aryl methyl sites for hydroxylation is 2. The van der Waals surface area contributed by atoms with Gasteiger partial charge in [-0.15, -0.1) is 0 Å². The van der Waals surface area contributed by atoms with Crippen LogP contribution < -0.4 is 0 Å². The van der Waals surface area contributed by atoms with Crippen LogP contribution in [0.2, 0.25) is 0 Å². The zero-order valence-electron chi connectivity index (χ0n) is 15.6. The van der Waals surface area contributed by atoms with Crippen LogP contribution in [0.5, 0.6) is 0 Å². The van der Waals surface area contributed by atoms with Crippen LogP contribution in [0.25, 0.3) is 0 Å². The first-order valence-corrected chi connectivity index (χ1v) is 9.53. The number of hydrogen-bond donors (Lipinski definition) is 0. The fourth-order valence-electron chi connectivity index (χ4n) is 4.46.